The van der Waals surface area contributed by atoms with Gasteiger partial charge in [-0.3, -0.25) is 0 Å². The Hall–Kier alpha value is -0.160. The lowest BCUT2D eigenvalue weighted by Gasteiger charge is -2.14. The molecule has 1 atom stereocenters. The van der Waals surface area contributed by atoms with Crippen LogP contribution in [0.1, 0.15) is 47.0 Å². The molecule has 0 aromatic carbocycles. The molecule has 0 rings (SSSR count). The first-order valence-corrected chi connectivity index (χ1v) is 8.60. The molecule has 1 unspecified atom stereocenters. The average molecular weight is 303 g/mol. The van der Waals surface area contributed by atoms with Crippen molar-refractivity contribution in [1.82, 2.24) is 5.32 Å². The summed E-state index contributed by atoms with van der Waals surface area (Å²) in [6, 6.07) is 0. The monoisotopic (exact) mass is 303 g/mol. The van der Waals surface area contributed by atoms with E-state index in [0.717, 1.165) is 45.1 Å². The quantitative estimate of drug-likeness (QED) is 0.445. The highest BCUT2D eigenvalue weighted by atomic mass is 16.5. The molecule has 0 aromatic heterocycles. The second-order valence-corrected chi connectivity index (χ2v) is 6.14. The van der Waals surface area contributed by atoms with Crippen LogP contribution < -0.4 is 5.32 Å². The standard InChI is InChI=1S/C17H37NO3/c1-5-6-8-19-10-12-21-13-11-20-9-7-17(4)15-18-14-16(2)3/h16-18H,5-15H2,1-4H3. The molecule has 0 fully saturated rings. The van der Waals surface area contributed by atoms with Gasteiger partial charge in [-0.25, -0.2) is 0 Å². The van der Waals surface area contributed by atoms with Gasteiger partial charge in [0.15, 0.2) is 0 Å². The van der Waals surface area contributed by atoms with Crippen molar-refractivity contribution in [2.75, 3.05) is 52.7 Å². The number of hydrogen-bond donors (Lipinski definition) is 1. The van der Waals surface area contributed by atoms with Gasteiger partial charge < -0.3 is 19.5 Å². The summed E-state index contributed by atoms with van der Waals surface area (Å²) >= 11 is 0. The van der Waals surface area contributed by atoms with Gasteiger partial charge in [0.2, 0.25) is 0 Å². The van der Waals surface area contributed by atoms with E-state index in [2.05, 4.69) is 33.0 Å². The maximum absolute atomic E-state index is 5.58. The van der Waals surface area contributed by atoms with Crippen LogP contribution >= 0.6 is 0 Å². The van der Waals surface area contributed by atoms with Crippen LogP contribution in [-0.4, -0.2) is 52.7 Å². The molecule has 0 saturated carbocycles. The number of rotatable bonds is 16. The molecule has 128 valence electrons. The van der Waals surface area contributed by atoms with E-state index in [1.807, 2.05) is 0 Å². The lowest BCUT2D eigenvalue weighted by Crippen LogP contribution is -2.25. The number of hydrogen-bond acceptors (Lipinski definition) is 4. The molecule has 4 nitrogen and oxygen atoms in total. The minimum atomic E-state index is 0.664. The van der Waals surface area contributed by atoms with Crippen molar-refractivity contribution in [1.29, 1.82) is 0 Å². The highest BCUT2D eigenvalue weighted by molar-refractivity contribution is 4.58. The van der Waals surface area contributed by atoms with Crippen LogP contribution in [0.4, 0.5) is 0 Å². The molecule has 0 aromatic rings. The Morgan fingerprint density at radius 3 is 1.90 bits per heavy atom. The molecule has 0 radical (unpaired) electrons. The highest BCUT2D eigenvalue weighted by Crippen LogP contribution is 2.00. The predicted octanol–water partition coefficient (Wildman–Crippen LogP) is 3.11. The van der Waals surface area contributed by atoms with Crippen molar-refractivity contribution in [2.45, 2.75) is 47.0 Å². The lowest BCUT2D eigenvalue weighted by atomic mass is 10.1. The van der Waals surface area contributed by atoms with Crippen LogP contribution in [0.5, 0.6) is 0 Å². The Labute approximate surface area is 131 Å². The summed E-state index contributed by atoms with van der Waals surface area (Å²) < 4.78 is 16.4. The molecule has 0 aliphatic rings. The first kappa shape index (κ1) is 20.8. The summed E-state index contributed by atoms with van der Waals surface area (Å²) in [7, 11) is 0. The van der Waals surface area contributed by atoms with Crippen molar-refractivity contribution in [3.8, 4) is 0 Å². The summed E-state index contributed by atoms with van der Waals surface area (Å²) in [6.45, 7) is 15.4. The van der Waals surface area contributed by atoms with Crippen LogP contribution in [0.2, 0.25) is 0 Å². The zero-order valence-corrected chi connectivity index (χ0v) is 14.7. The van der Waals surface area contributed by atoms with Crippen LogP contribution in [0, 0.1) is 11.8 Å². The average Bonchev–Trinajstić information content (AvgIpc) is 2.44. The van der Waals surface area contributed by atoms with E-state index in [-0.39, 0.29) is 0 Å². The fourth-order valence-electron chi connectivity index (χ4n) is 1.79. The van der Waals surface area contributed by atoms with Gasteiger partial charge in [-0.05, 0) is 37.8 Å². The Morgan fingerprint density at radius 1 is 0.762 bits per heavy atom. The fraction of sp³-hybridized carbons (Fsp3) is 1.00. The van der Waals surface area contributed by atoms with Crippen LogP contribution in [0.3, 0.4) is 0 Å². The minimum absolute atomic E-state index is 0.664. The smallest absolute Gasteiger partial charge is 0.0701 e. The number of nitrogens with one attached hydrogen (secondary N) is 1. The summed E-state index contributed by atoms with van der Waals surface area (Å²) in [5.74, 6) is 1.38. The molecular formula is C17H37NO3. The van der Waals surface area contributed by atoms with E-state index in [1.165, 1.54) is 6.42 Å². The van der Waals surface area contributed by atoms with Crippen molar-refractivity contribution >= 4 is 0 Å². The molecule has 0 aliphatic carbocycles. The van der Waals surface area contributed by atoms with E-state index in [4.69, 9.17) is 14.2 Å². The van der Waals surface area contributed by atoms with Crippen molar-refractivity contribution in [3.05, 3.63) is 0 Å². The van der Waals surface area contributed by atoms with Gasteiger partial charge in [0.25, 0.3) is 0 Å². The van der Waals surface area contributed by atoms with E-state index >= 15 is 0 Å². The zero-order valence-electron chi connectivity index (χ0n) is 14.7. The van der Waals surface area contributed by atoms with Gasteiger partial charge >= 0.3 is 0 Å². The first-order valence-electron chi connectivity index (χ1n) is 8.60. The van der Waals surface area contributed by atoms with Gasteiger partial charge in [0.1, 0.15) is 0 Å². The van der Waals surface area contributed by atoms with Gasteiger partial charge in [-0.2, -0.15) is 0 Å². The highest BCUT2D eigenvalue weighted by Gasteiger charge is 2.02. The maximum atomic E-state index is 5.58. The van der Waals surface area contributed by atoms with E-state index in [0.29, 0.717) is 32.3 Å². The molecule has 0 aliphatic heterocycles. The Bertz CT molecular complexity index is 200. The van der Waals surface area contributed by atoms with Crippen molar-refractivity contribution < 1.29 is 14.2 Å². The Kier molecular flexibility index (Phi) is 16.1. The summed E-state index contributed by atoms with van der Waals surface area (Å²) in [6.07, 6.45) is 3.42. The van der Waals surface area contributed by atoms with E-state index < -0.39 is 0 Å². The second kappa shape index (κ2) is 16.2. The third-order valence-corrected chi connectivity index (χ3v) is 3.19. The molecule has 0 amide bonds. The fourth-order valence-corrected chi connectivity index (χ4v) is 1.79. The molecule has 0 spiro atoms. The topological polar surface area (TPSA) is 39.7 Å². The van der Waals surface area contributed by atoms with Gasteiger partial charge in [0, 0.05) is 13.2 Å². The largest absolute Gasteiger partial charge is 0.379 e. The molecule has 4 heteroatoms. The summed E-state index contributed by atoms with van der Waals surface area (Å²) in [4.78, 5) is 0. The third kappa shape index (κ3) is 17.8. The van der Waals surface area contributed by atoms with Crippen molar-refractivity contribution in [3.63, 3.8) is 0 Å². The van der Waals surface area contributed by atoms with Crippen LogP contribution in [0.15, 0.2) is 0 Å². The normalized spacial score (nSPS) is 13.0. The molecule has 21 heavy (non-hydrogen) atoms. The van der Waals surface area contributed by atoms with Gasteiger partial charge in [0.05, 0.1) is 26.4 Å². The summed E-state index contributed by atoms with van der Waals surface area (Å²) in [5.41, 5.74) is 0. The molecule has 0 saturated heterocycles. The third-order valence-electron chi connectivity index (χ3n) is 3.19. The molecule has 0 bridgehead atoms. The van der Waals surface area contributed by atoms with Crippen LogP contribution in [0.25, 0.3) is 0 Å². The Balaban J connectivity index is 3.10. The number of unbranched alkanes of at least 4 members (excludes halogenated alkanes) is 1. The predicted molar refractivity (Wildman–Crippen MR) is 88.9 cm³/mol. The van der Waals surface area contributed by atoms with Gasteiger partial charge in [-0.15, -0.1) is 0 Å². The Morgan fingerprint density at radius 2 is 1.33 bits per heavy atom. The second-order valence-electron chi connectivity index (χ2n) is 6.14. The van der Waals surface area contributed by atoms with Gasteiger partial charge in [-0.1, -0.05) is 34.1 Å². The van der Waals surface area contributed by atoms with Crippen LogP contribution in [-0.2, 0) is 14.2 Å². The first-order chi connectivity index (χ1) is 10.2. The molecular weight excluding hydrogens is 266 g/mol. The molecule has 0 heterocycles. The van der Waals surface area contributed by atoms with E-state index in [9.17, 15) is 0 Å². The van der Waals surface area contributed by atoms with Crippen molar-refractivity contribution in [2.24, 2.45) is 11.8 Å². The maximum Gasteiger partial charge on any atom is 0.0701 e. The number of ether oxygens (including phenoxy) is 3. The minimum Gasteiger partial charge on any atom is -0.379 e. The van der Waals surface area contributed by atoms with E-state index in [1.54, 1.807) is 0 Å². The molecule has 1 N–H and O–H groups in total. The lowest BCUT2D eigenvalue weighted by molar-refractivity contribution is 0.0121. The zero-order chi connectivity index (χ0) is 15.8. The SMILES string of the molecule is CCCCOCCOCCOCCC(C)CNCC(C)C. The summed E-state index contributed by atoms with van der Waals surface area (Å²) in [5, 5.41) is 3.48.